The van der Waals surface area contributed by atoms with E-state index in [1.54, 1.807) is 12.4 Å². The quantitative estimate of drug-likeness (QED) is 0.774. The van der Waals surface area contributed by atoms with Crippen LogP contribution in [0.2, 0.25) is 0 Å². The molecule has 0 fully saturated rings. The van der Waals surface area contributed by atoms with Crippen LogP contribution in [0, 0.1) is 0 Å². The SMILES string of the molecule is CC(Nc1cn[nH]c1)c1cccnc1. The summed E-state index contributed by atoms with van der Waals surface area (Å²) in [5.41, 5.74) is 2.15. The first kappa shape index (κ1) is 8.74. The number of pyridine rings is 1. The molecule has 2 N–H and O–H groups in total. The van der Waals surface area contributed by atoms with Crippen molar-refractivity contribution in [2.75, 3.05) is 5.32 Å². The number of aromatic amines is 1. The van der Waals surface area contributed by atoms with Crippen molar-refractivity contribution < 1.29 is 0 Å². The molecule has 0 aliphatic carbocycles. The van der Waals surface area contributed by atoms with Crippen LogP contribution in [0.5, 0.6) is 0 Å². The summed E-state index contributed by atoms with van der Waals surface area (Å²) in [5.74, 6) is 0. The van der Waals surface area contributed by atoms with Crippen LogP contribution in [0.25, 0.3) is 0 Å². The van der Waals surface area contributed by atoms with E-state index in [9.17, 15) is 0 Å². The number of anilines is 1. The molecular weight excluding hydrogens is 176 g/mol. The normalized spacial score (nSPS) is 12.4. The summed E-state index contributed by atoms with van der Waals surface area (Å²) in [5, 5.41) is 9.93. The molecule has 0 aliphatic rings. The predicted molar refractivity (Wildman–Crippen MR) is 54.9 cm³/mol. The van der Waals surface area contributed by atoms with Crippen molar-refractivity contribution >= 4 is 5.69 Å². The highest BCUT2D eigenvalue weighted by atomic mass is 15.1. The Balaban J connectivity index is 2.07. The number of nitrogens with zero attached hydrogens (tertiary/aromatic N) is 2. The number of aromatic nitrogens is 3. The third-order valence-corrected chi connectivity index (χ3v) is 2.07. The van der Waals surface area contributed by atoms with Gasteiger partial charge in [0.1, 0.15) is 0 Å². The summed E-state index contributed by atoms with van der Waals surface area (Å²) in [4.78, 5) is 4.07. The van der Waals surface area contributed by atoms with Crippen LogP contribution in [0.15, 0.2) is 36.9 Å². The Kier molecular flexibility index (Phi) is 2.44. The third-order valence-electron chi connectivity index (χ3n) is 2.07. The van der Waals surface area contributed by atoms with E-state index in [1.165, 1.54) is 0 Å². The second-order valence-corrected chi connectivity index (χ2v) is 3.14. The lowest BCUT2D eigenvalue weighted by Crippen LogP contribution is -2.05. The Bertz CT molecular complexity index is 368. The number of hydrogen-bond donors (Lipinski definition) is 2. The van der Waals surface area contributed by atoms with Gasteiger partial charge in [0.05, 0.1) is 17.9 Å². The molecule has 0 spiro atoms. The fourth-order valence-electron chi connectivity index (χ4n) is 1.30. The van der Waals surface area contributed by atoms with Crippen molar-refractivity contribution in [1.29, 1.82) is 0 Å². The van der Waals surface area contributed by atoms with E-state index in [-0.39, 0.29) is 6.04 Å². The molecule has 1 atom stereocenters. The van der Waals surface area contributed by atoms with E-state index in [4.69, 9.17) is 0 Å². The summed E-state index contributed by atoms with van der Waals surface area (Å²) >= 11 is 0. The van der Waals surface area contributed by atoms with Gasteiger partial charge in [-0.25, -0.2) is 0 Å². The minimum absolute atomic E-state index is 0.237. The lowest BCUT2D eigenvalue weighted by Gasteiger charge is -2.12. The van der Waals surface area contributed by atoms with E-state index < -0.39 is 0 Å². The summed E-state index contributed by atoms with van der Waals surface area (Å²) in [7, 11) is 0. The van der Waals surface area contributed by atoms with E-state index >= 15 is 0 Å². The average Bonchev–Trinajstić information content (AvgIpc) is 2.72. The molecule has 0 bridgehead atoms. The van der Waals surface area contributed by atoms with E-state index in [0.29, 0.717) is 0 Å². The van der Waals surface area contributed by atoms with Crippen LogP contribution in [-0.4, -0.2) is 15.2 Å². The second kappa shape index (κ2) is 3.91. The molecule has 0 amide bonds. The van der Waals surface area contributed by atoms with E-state index in [2.05, 4.69) is 27.4 Å². The molecule has 72 valence electrons. The molecule has 14 heavy (non-hydrogen) atoms. The van der Waals surface area contributed by atoms with Crippen LogP contribution < -0.4 is 5.32 Å². The molecule has 4 heteroatoms. The van der Waals surface area contributed by atoms with Crippen molar-refractivity contribution in [2.45, 2.75) is 13.0 Å². The molecule has 2 rings (SSSR count). The summed E-state index contributed by atoms with van der Waals surface area (Å²) in [6, 6.07) is 4.22. The highest BCUT2D eigenvalue weighted by Gasteiger charge is 2.04. The Morgan fingerprint density at radius 3 is 3.00 bits per heavy atom. The lowest BCUT2D eigenvalue weighted by molar-refractivity contribution is 0.876. The van der Waals surface area contributed by atoms with Crippen LogP contribution in [0.4, 0.5) is 5.69 Å². The van der Waals surface area contributed by atoms with Gasteiger partial charge in [-0.2, -0.15) is 5.10 Å². The molecule has 2 aromatic rings. The van der Waals surface area contributed by atoms with Crippen molar-refractivity contribution in [3.63, 3.8) is 0 Å². The highest BCUT2D eigenvalue weighted by Crippen LogP contribution is 2.16. The molecule has 0 saturated heterocycles. The molecule has 2 aromatic heterocycles. The summed E-state index contributed by atoms with van der Waals surface area (Å²) < 4.78 is 0. The van der Waals surface area contributed by atoms with Crippen molar-refractivity contribution in [3.8, 4) is 0 Å². The first-order valence-corrected chi connectivity index (χ1v) is 4.51. The number of nitrogens with one attached hydrogen (secondary N) is 2. The van der Waals surface area contributed by atoms with Crippen molar-refractivity contribution in [3.05, 3.63) is 42.5 Å². The van der Waals surface area contributed by atoms with Gasteiger partial charge in [-0.15, -0.1) is 0 Å². The van der Waals surface area contributed by atoms with Crippen LogP contribution in [0.3, 0.4) is 0 Å². The van der Waals surface area contributed by atoms with Gasteiger partial charge in [-0.3, -0.25) is 10.1 Å². The van der Waals surface area contributed by atoms with Crippen LogP contribution in [-0.2, 0) is 0 Å². The number of rotatable bonds is 3. The third kappa shape index (κ3) is 1.90. The first-order chi connectivity index (χ1) is 6.86. The van der Waals surface area contributed by atoms with Gasteiger partial charge in [0.25, 0.3) is 0 Å². The standard InChI is InChI=1S/C10H12N4/c1-8(9-3-2-4-11-5-9)14-10-6-12-13-7-10/h2-8,14H,1H3,(H,12,13). The molecule has 0 aromatic carbocycles. The minimum atomic E-state index is 0.237. The fraction of sp³-hybridized carbons (Fsp3) is 0.200. The smallest absolute Gasteiger partial charge is 0.0728 e. The molecule has 1 unspecified atom stereocenters. The van der Waals surface area contributed by atoms with Gasteiger partial charge >= 0.3 is 0 Å². The summed E-state index contributed by atoms with van der Waals surface area (Å²) in [6.45, 7) is 2.09. The fourth-order valence-corrected chi connectivity index (χ4v) is 1.30. The van der Waals surface area contributed by atoms with Crippen LogP contribution in [0.1, 0.15) is 18.5 Å². The monoisotopic (exact) mass is 188 g/mol. The molecule has 0 radical (unpaired) electrons. The zero-order valence-electron chi connectivity index (χ0n) is 7.94. The zero-order chi connectivity index (χ0) is 9.80. The van der Waals surface area contributed by atoms with Gasteiger partial charge in [0.15, 0.2) is 0 Å². The van der Waals surface area contributed by atoms with E-state index in [0.717, 1.165) is 11.3 Å². The Morgan fingerprint density at radius 1 is 1.43 bits per heavy atom. The molecule has 4 nitrogen and oxygen atoms in total. The van der Waals surface area contributed by atoms with E-state index in [1.807, 2.05) is 24.5 Å². The molecular formula is C10H12N4. The number of H-pyrrole nitrogens is 1. The van der Waals surface area contributed by atoms with Gasteiger partial charge in [0.2, 0.25) is 0 Å². The molecule has 2 heterocycles. The Labute approximate surface area is 82.4 Å². The van der Waals surface area contributed by atoms with Crippen LogP contribution >= 0.6 is 0 Å². The molecule has 0 saturated carbocycles. The maximum absolute atomic E-state index is 4.07. The van der Waals surface area contributed by atoms with Gasteiger partial charge in [-0.1, -0.05) is 6.07 Å². The highest BCUT2D eigenvalue weighted by molar-refractivity contribution is 5.40. The average molecular weight is 188 g/mol. The lowest BCUT2D eigenvalue weighted by atomic mass is 10.1. The summed E-state index contributed by atoms with van der Waals surface area (Å²) in [6.07, 6.45) is 7.21. The van der Waals surface area contributed by atoms with Gasteiger partial charge in [-0.05, 0) is 18.6 Å². The zero-order valence-corrected chi connectivity index (χ0v) is 7.94. The minimum Gasteiger partial charge on any atom is -0.376 e. The van der Waals surface area contributed by atoms with Crippen molar-refractivity contribution in [2.24, 2.45) is 0 Å². The van der Waals surface area contributed by atoms with Gasteiger partial charge < -0.3 is 5.32 Å². The maximum Gasteiger partial charge on any atom is 0.0728 e. The Morgan fingerprint density at radius 2 is 2.36 bits per heavy atom. The Hall–Kier alpha value is -1.84. The maximum atomic E-state index is 4.07. The topological polar surface area (TPSA) is 53.6 Å². The molecule has 0 aliphatic heterocycles. The second-order valence-electron chi connectivity index (χ2n) is 3.14. The first-order valence-electron chi connectivity index (χ1n) is 4.51. The largest absolute Gasteiger partial charge is 0.376 e. The predicted octanol–water partition coefficient (Wildman–Crippen LogP) is 1.98. The van der Waals surface area contributed by atoms with Crippen molar-refractivity contribution in [1.82, 2.24) is 15.2 Å². The van der Waals surface area contributed by atoms with Gasteiger partial charge in [0, 0.05) is 18.6 Å². The number of hydrogen-bond acceptors (Lipinski definition) is 3.